The average molecular weight is 254 g/mol. The molecule has 2 fully saturated rings. The molecule has 0 aromatic carbocycles. The van der Waals surface area contributed by atoms with E-state index in [1.54, 1.807) is 0 Å². The van der Waals surface area contributed by atoms with Crippen LogP contribution in [0.15, 0.2) is 5.16 Å². The predicted octanol–water partition coefficient (Wildman–Crippen LogP) is 2.77. The lowest BCUT2D eigenvalue weighted by Gasteiger charge is -2.30. The van der Waals surface area contributed by atoms with Gasteiger partial charge in [0.2, 0.25) is 0 Å². The van der Waals surface area contributed by atoms with Crippen LogP contribution in [0.2, 0.25) is 0 Å². The van der Waals surface area contributed by atoms with Crippen LogP contribution in [0.25, 0.3) is 0 Å². The van der Waals surface area contributed by atoms with E-state index in [1.165, 1.54) is 0 Å². The third-order valence-electron chi connectivity index (χ3n) is 3.60. The number of ether oxygens (including phenoxy) is 1. The van der Waals surface area contributed by atoms with Gasteiger partial charge in [-0.15, -0.1) is 0 Å². The van der Waals surface area contributed by atoms with Crippen LogP contribution in [0.1, 0.15) is 52.9 Å². The van der Waals surface area contributed by atoms with Crippen LogP contribution in [0.4, 0.5) is 4.79 Å². The van der Waals surface area contributed by atoms with E-state index in [9.17, 15) is 4.79 Å². The highest BCUT2D eigenvalue weighted by molar-refractivity contribution is 5.86. The van der Waals surface area contributed by atoms with Crippen LogP contribution in [-0.4, -0.2) is 39.6 Å². The highest BCUT2D eigenvalue weighted by Crippen LogP contribution is 2.34. The summed E-state index contributed by atoms with van der Waals surface area (Å²) >= 11 is 0. The number of amides is 1. The van der Waals surface area contributed by atoms with Crippen LogP contribution < -0.4 is 0 Å². The van der Waals surface area contributed by atoms with E-state index >= 15 is 0 Å². The van der Waals surface area contributed by atoms with Gasteiger partial charge in [-0.1, -0.05) is 5.16 Å². The summed E-state index contributed by atoms with van der Waals surface area (Å²) in [6.45, 7) is 5.64. The van der Waals surface area contributed by atoms with Crippen molar-refractivity contribution in [3.05, 3.63) is 0 Å². The van der Waals surface area contributed by atoms with Crippen molar-refractivity contribution in [3.8, 4) is 0 Å². The maximum Gasteiger partial charge on any atom is 0.410 e. The standard InChI is InChI=1S/C13H22N2O3/c1-13(2,3)18-12(16)15-10-5-4-9(14-17)8-11(15)7-6-10/h10-11,17H,4-8H2,1-3H3. The van der Waals surface area contributed by atoms with Crippen LogP contribution in [0.5, 0.6) is 0 Å². The van der Waals surface area contributed by atoms with Gasteiger partial charge in [-0.25, -0.2) is 4.79 Å². The monoisotopic (exact) mass is 254 g/mol. The Kier molecular flexibility index (Phi) is 3.50. The van der Waals surface area contributed by atoms with Gasteiger partial charge in [0.25, 0.3) is 0 Å². The van der Waals surface area contributed by atoms with Gasteiger partial charge in [0.15, 0.2) is 0 Å². The molecular formula is C13H22N2O3. The molecule has 18 heavy (non-hydrogen) atoms. The van der Waals surface area contributed by atoms with Crippen LogP contribution in [0.3, 0.4) is 0 Å². The van der Waals surface area contributed by atoms with Crippen molar-refractivity contribution < 1.29 is 14.7 Å². The average Bonchev–Trinajstić information content (AvgIpc) is 2.51. The Morgan fingerprint density at radius 2 is 2.00 bits per heavy atom. The summed E-state index contributed by atoms with van der Waals surface area (Å²) in [5.74, 6) is 0. The molecule has 102 valence electrons. The summed E-state index contributed by atoms with van der Waals surface area (Å²) < 4.78 is 5.47. The van der Waals surface area contributed by atoms with E-state index in [-0.39, 0.29) is 18.2 Å². The summed E-state index contributed by atoms with van der Waals surface area (Å²) in [4.78, 5) is 14.1. The second kappa shape index (κ2) is 4.78. The van der Waals surface area contributed by atoms with Gasteiger partial charge in [-0.2, -0.15) is 0 Å². The molecule has 2 bridgehead atoms. The Hall–Kier alpha value is -1.26. The molecule has 0 aliphatic carbocycles. The Bertz CT molecular complexity index is 360. The zero-order chi connectivity index (χ0) is 13.3. The molecule has 5 nitrogen and oxygen atoms in total. The van der Waals surface area contributed by atoms with Crippen molar-refractivity contribution in [3.63, 3.8) is 0 Å². The summed E-state index contributed by atoms with van der Waals surface area (Å²) in [6.07, 6.45) is 4.10. The second-order valence-corrected chi connectivity index (χ2v) is 6.18. The molecule has 0 aromatic rings. The van der Waals surface area contributed by atoms with Crippen molar-refractivity contribution in [2.45, 2.75) is 70.6 Å². The molecule has 2 aliphatic rings. The number of hydrogen-bond donors (Lipinski definition) is 1. The summed E-state index contributed by atoms with van der Waals surface area (Å²) in [5.41, 5.74) is 0.340. The number of oxime groups is 1. The SMILES string of the molecule is CC(C)(C)OC(=O)N1C2CCC(=NO)CC1CC2. The van der Waals surface area contributed by atoms with Gasteiger partial charge < -0.3 is 14.8 Å². The molecule has 5 heteroatoms. The molecule has 0 aromatic heterocycles. The van der Waals surface area contributed by atoms with E-state index < -0.39 is 5.60 Å². The molecule has 1 N–H and O–H groups in total. The first kappa shape index (κ1) is 13.2. The Labute approximate surface area is 108 Å². The number of hydrogen-bond acceptors (Lipinski definition) is 4. The topological polar surface area (TPSA) is 62.1 Å². The number of rotatable bonds is 0. The molecular weight excluding hydrogens is 232 g/mol. The van der Waals surface area contributed by atoms with Gasteiger partial charge >= 0.3 is 6.09 Å². The van der Waals surface area contributed by atoms with Gasteiger partial charge in [-0.3, -0.25) is 0 Å². The highest BCUT2D eigenvalue weighted by atomic mass is 16.6. The quantitative estimate of drug-likeness (QED) is 0.534. The molecule has 2 saturated heterocycles. The van der Waals surface area contributed by atoms with E-state index in [4.69, 9.17) is 9.94 Å². The maximum absolute atomic E-state index is 12.2. The lowest BCUT2D eigenvalue weighted by molar-refractivity contribution is 0.0155. The van der Waals surface area contributed by atoms with Crippen molar-refractivity contribution in [2.75, 3.05) is 0 Å². The first-order chi connectivity index (χ1) is 8.40. The van der Waals surface area contributed by atoms with E-state index in [2.05, 4.69) is 5.16 Å². The fourth-order valence-corrected chi connectivity index (χ4v) is 2.86. The molecule has 2 rings (SSSR count). The summed E-state index contributed by atoms with van der Waals surface area (Å²) in [5, 5.41) is 12.2. The van der Waals surface area contributed by atoms with E-state index in [1.807, 2.05) is 25.7 Å². The third-order valence-corrected chi connectivity index (χ3v) is 3.60. The van der Waals surface area contributed by atoms with Gasteiger partial charge in [0.05, 0.1) is 5.71 Å². The van der Waals surface area contributed by atoms with Gasteiger partial charge in [-0.05, 0) is 46.5 Å². The van der Waals surface area contributed by atoms with E-state index in [0.29, 0.717) is 6.42 Å². The lowest BCUT2D eigenvalue weighted by atomic mass is 9.99. The van der Waals surface area contributed by atoms with Gasteiger partial charge in [0, 0.05) is 18.5 Å². The zero-order valence-electron chi connectivity index (χ0n) is 11.3. The first-order valence-electron chi connectivity index (χ1n) is 6.62. The minimum Gasteiger partial charge on any atom is -0.444 e. The van der Waals surface area contributed by atoms with Crippen LogP contribution in [0, 0.1) is 0 Å². The van der Waals surface area contributed by atoms with Crippen LogP contribution in [-0.2, 0) is 4.74 Å². The molecule has 2 aliphatic heterocycles. The largest absolute Gasteiger partial charge is 0.444 e. The Balaban J connectivity index is 2.11. The summed E-state index contributed by atoms with van der Waals surface area (Å²) in [7, 11) is 0. The Morgan fingerprint density at radius 1 is 1.33 bits per heavy atom. The van der Waals surface area contributed by atoms with Crippen molar-refractivity contribution in [2.24, 2.45) is 5.16 Å². The van der Waals surface area contributed by atoms with Gasteiger partial charge in [0.1, 0.15) is 5.60 Å². The molecule has 1 amide bonds. The smallest absolute Gasteiger partial charge is 0.410 e. The van der Waals surface area contributed by atoms with Crippen molar-refractivity contribution in [1.82, 2.24) is 4.90 Å². The molecule has 0 radical (unpaired) electrons. The molecule has 2 heterocycles. The normalized spacial score (nSPS) is 30.4. The minimum atomic E-state index is -0.462. The summed E-state index contributed by atoms with van der Waals surface area (Å²) in [6, 6.07) is 0.377. The second-order valence-electron chi connectivity index (χ2n) is 6.18. The fraction of sp³-hybridized carbons (Fsp3) is 0.846. The highest BCUT2D eigenvalue weighted by Gasteiger charge is 2.41. The van der Waals surface area contributed by atoms with Crippen molar-refractivity contribution in [1.29, 1.82) is 0 Å². The zero-order valence-corrected chi connectivity index (χ0v) is 11.3. The number of carbonyl (C=O) groups is 1. The lowest BCUT2D eigenvalue weighted by Crippen LogP contribution is -2.43. The third kappa shape index (κ3) is 2.76. The predicted molar refractivity (Wildman–Crippen MR) is 68.0 cm³/mol. The van der Waals surface area contributed by atoms with Crippen LogP contribution >= 0.6 is 0 Å². The van der Waals surface area contributed by atoms with E-state index in [0.717, 1.165) is 31.4 Å². The Morgan fingerprint density at radius 3 is 2.61 bits per heavy atom. The molecule has 0 saturated carbocycles. The molecule has 2 unspecified atom stereocenters. The molecule has 0 spiro atoms. The van der Waals surface area contributed by atoms with Crippen molar-refractivity contribution >= 4 is 11.8 Å². The maximum atomic E-state index is 12.2. The molecule has 2 atom stereocenters. The minimum absolute atomic E-state index is 0.137. The number of carbonyl (C=O) groups excluding carboxylic acids is 1. The fourth-order valence-electron chi connectivity index (χ4n) is 2.86. The number of nitrogens with zero attached hydrogens (tertiary/aromatic N) is 2. The number of fused-ring (bicyclic) bond motifs is 2. The first-order valence-corrected chi connectivity index (χ1v) is 6.62.